The number of anilines is 1. The number of nitrogens with one attached hydrogen (secondary N) is 1. The molecule has 1 saturated heterocycles. The molecule has 4 rings (SSSR count). The molecule has 1 fully saturated rings. The van der Waals surface area contributed by atoms with Gasteiger partial charge in [-0.25, -0.2) is 4.98 Å². The maximum absolute atomic E-state index is 13.0. The van der Waals surface area contributed by atoms with E-state index in [2.05, 4.69) is 14.9 Å². The molecule has 1 aliphatic rings. The number of methoxy groups -OCH3 is 2. The Bertz CT molecular complexity index is 1090. The van der Waals surface area contributed by atoms with Gasteiger partial charge < -0.3 is 24.3 Å². The Morgan fingerprint density at radius 3 is 2.47 bits per heavy atom. The van der Waals surface area contributed by atoms with Crippen molar-refractivity contribution < 1.29 is 19.1 Å². The van der Waals surface area contributed by atoms with Gasteiger partial charge in [-0.1, -0.05) is 6.07 Å². The standard InChI is InChI=1S/C22H24N4O4/c1-14-19-16(12-15(29-2)13-17(19)30-3)24-20(14)21(27)22(28)26-10-8-25(9-11-26)18-6-4-5-7-23-18/h4-7,12-13,24H,8-11H2,1-3H3. The van der Waals surface area contributed by atoms with Gasteiger partial charge in [0.25, 0.3) is 11.7 Å². The van der Waals surface area contributed by atoms with E-state index in [-0.39, 0.29) is 5.69 Å². The van der Waals surface area contributed by atoms with Crippen molar-refractivity contribution in [2.45, 2.75) is 6.92 Å². The lowest BCUT2D eigenvalue weighted by atomic mass is 10.1. The molecule has 30 heavy (non-hydrogen) atoms. The van der Waals surface area contributed by atoms with Crippen LogP contribution in [0.4, 0.5) is 5.82 Å². The molecule has 0 atom stereocenters. The fraction of sp³-hybridized carbons (Fsp3) is 0.318. The van der Waals surface area contributed by atoms with Crippen LogP contribution in [0.25, 0.3) is 10.9 Å². The summed E-state index contributed by atoms with van der Waals surface area (Å²) in [4.78, 5) is 37.1. The van der Waals surface area contributed by atoms with Crippen LogP contribution < -0.4 is 14.4 Å². The van der Waals surface area contributed by atoms with Crippen LogP contribution in [0.3, 0.4) is 0 Å². The molecule has 0 unspecified atom stereocenters. The Morgan fingerprint density at radius 1 is 1.07 bits per heavy atom. The number of rotatable bonds is 5. The van der Waals surface area contributed by atoms with Crippen LogP contribution in [-0.4, -0.2) is 67.0 Å². The number of H-pyrrole nitrogens is 1. The first kappa shape index (κ1) is 19.8. The van der Waals surface area contributed by atoms with E-state index in [1.54, 1.807) is 37.4 Å². The number of carbonyl (C=O) groups excluding carboxylic acids is 2. The molecule has 1 aromatic carbocycles. The summed E-state index contributed by atoms with van der Waals surface area (Å²) in [5, 5.41) is 0.773. The Balaban J connectivity index is 1.54. The fourth-order valence-electron chi connectivity index (χ4n) is 3.86. The Hall–Kier alpha value is -3.55. The van der Waals surface area contributed by atoms with Crippen LogP contribution in [0.5, 0.6) is 11.5 Å². The number of amides is 1. The Kier molecular flexibility index (Phi) is 5.31. The molecule has 2 aromatic heterocycles. The molecule has 3 aromatic rings. The molecule has 1 aliphatic heterocycles. The number of aromatic amines is 1. The summed E-state index contributed by atoms with van der Waals surface area (Å²) >= 11 is 0. The van der Waals surface area contributed by atoms with Gasteiger partial charge in [-0.15, -0.1) is 0 Å². The van der Waals surface area contributed by atoms with Crippen LogP contribution in [0.1, 0.15) is 16.1 Å². The summed E-state index contributed by atoms with van der Waals surface area (Å²) < 4.78 is 10.8. The van der Waals surface area contributed by atoms with Gasteiger partial charge in [-0.3, -0.25) is 9.59 Å². The first-order valence-corrected chi connectivity index (χ1v) is 9.77. The normalized spacial score (nSPS) is 14.1. The van der Waals surface area contributed by atoms with Crippen molar-refractivity contribution in [3.05, 3.63) is 47.8 Å². The third kappa shape index (κ3) is 3.45. The minimum Gasteiger partial charge on any atom is -0.497 e. The molecule has 0 saturated carbocycles. The summed E-state index contributed by atoms with van der Waals surface area (Å²) in [5.41, 5.74) is 1.67. The highest BCUT2D eigenvalue weighted by Gasteiger charge is 2.30. The predicted octanol–water partition coefficient (Wildman–Crippen LogP) is 2.42. The average molecular weight is 408 g/mol. The number of Topliss-reactive ketones (excluding diaryl/α,β-unsaturated/α-hetero) is 1. The Morgan fingerprint density at radius 2 is 1.83 bits per heavy atom. The lowest BCUT2D eigenvalue weighted by molar-refractivity contribution is -0.126. The van der Waals surface area contributed by atoms with Crippen molar-refractivity contribution in [2.24, 2.45) is 0 Å². The molecule has 8 nitrogen and oxygen atoms in total. The highest BCUT2D eigenvalue weighted by molar-refractivity contribution is 6.43. The third-order valence-electron chi connectivity index (χ3n) is 5.50. The zero-order valence-corrected chi connectivity index (χ0v) is 17.3. The number of aryl methyl sites for hydroxylation is 1. The van der Waals surface area contributed by atoms with E-state index in [0.29, 0.717) is 48.8 Å². The van der Waals surface area contributed by atoms with Crippen LogP contribution in [0, 0.1) is 6.92 Å². The second-order valence-electron chi connectivity index (χ2n) is 7.17. The van der Waals surface area contributed by atoms with Crippen LogP contribution in [0.2, 0.25) is 0 Å². The SMILES string of the molecule is COc1cc(OC)c2c(C)c(C(=O)C(=O)N3CCN(c4ccccn4)CC3)[nH]c2c1. The number of fused-ring (bicyclic) bond motifs is 1. The van der Waals surface area contributed by atoms with E-state index in [1.807, 2.05) is 25.1 Å². The highest BCUT2D eigenvalue weighted by atomic mass is 16.5. The van der Waals surface area contributed by atoms with Crippen molar-refractivity contribution in [2.75, 3.05) is 45.3 Å². The molecule has 1 N–H and O–H groups in total. The summed E-state index contributed by atoms with van der Waals surface area (Å²) in [5.74, 6) is 1.03. The molecular weight excluding hydrogens is 384 g/mol. The first-order chi connectivity index (χ1) is 14.5. The number of carbonyl (C=O) groups is 2. The number of piperazine rings is 1. The van der Waals surface area contributed by atoms with Gasteiger partial charge >= 0.3 is 0 Å². The first-order valence-electron chi connectivity index (χ1n) is 9.77. The van der Waals surface area contributed by atoms with Crippen LogP contribution >= 0.6 is 0 Å². The van der Waals surface area contributed by atoms with Crippen molar-refractivity contribution in [3.63, 3.8) is 0 Å². The topological polar surface area (TPSA) is 87.8 Å². The van der Waals surface area contributed by atoms with Crippen LogP contribution in [0.15, 0.2) is 36.5 Å². The molecular formula is C22H24N4O4. The molecule has 0 spiro atoms. The van der Waals surface area contributed by atoms with E-state index in [9.17, 15) is 9.59 Å². The zero-order valence-electron chi connectivity index (χ0n) is 17.3. The number of benzene rings is 1. The molecule has 1 amide bonds. The van der Waals surface area contributed by atoms with Gasteiger partial charge in [0.05, 0.1) is 25.4 Å². The number of ketones is 1. The highest BCUT2D eigenvalue weighted by Crippen LogP contribution is 2.35. The molecule has 0 aliphatic carbocycles. The lowest BCUT2D eigenvalue weighted by Crippen LogP contribution is -2.51. The second kappa shape index (κ2) is 8.06. The van der Waals surface area contributed by atoms with E-state index in [1.165, 1.54) is 0 Å². The average Bonchev–Trinajstić information content (AvgIpc) is 3.14. The lowest BCUT2D eigenvalue weighted by Gasteiger charge is -2.35. The van der Waals surface area contributed by atoms with E-state index < -0.39 is 11.7 Å². The smallest absolute Gasteiger partial charge is 0.296 e. The number of pyridine rings is 1. The van der Waals surface area contributed by atoms with Crippen molar-refractivity contribution in [1.82, 2.24) is 14.9 Å². The van der Waals surface area contributed by atoms with Crippen molar-refractivity contribution in [3.8, 4) is 11.5 Å². The maximum atomic E-state index is 13.0. The quantitative estimate of drug-likeness (QED) is 0.515. The number of ether oxygens (including phenoxy) is 2. The number of hydrogen-bond donors (Lipinski definition) is 1. The van der Waals surface area contributed by atoms with Gasteiger partial charge in [-0.05, 0) is 24.6 Å². The molecule has 8 heteroatoms. The zero-order chi connectivity index (χ0) is 21.3. The van der Waals surface area contributed by atoms with Crippen molar-refractivity contribution in [1.29, 1.82) is 0 Å². The van der Waals surface area contributed by atoms with E-state index in [0.717, 1.165) is 11.2 Å². The minimum absolute atomic E-state index is 0.286. The Labute approximate surface area is 174 Å². The largest absolute Gasteiger partial charge is 0.497 e. The second-order valence-corrected chi connectivity index (χ2v) is 7.17. The number of hydrogen-bond acceptors (Lipinski definition) is 6. The van der Waals surface area contributed by atoms with Crippen LogP contribution in [-0.2, 0) is 4.79 Å². The summed E-state index contributed by atoms with van der Waals surface area (Å²) in [6, 6.07) is 9.30. The van der Waals surface area contributed by atoms with E-state index in [4.69, 9.17) is 9.47 Å². The molecule has 156 valence electrons. The number of aromatic nitrogens is 2. The molecule has 0 radical (unpaired) electrons. The van der Waals surface area contributed by atoms with E-state index >= 15 is 0 Å². The molecule has 3 heterocycles. The van der Waals surface area contributed by atoms with Gasteiger partial charge in [-0.2, -0.15) is 0 Å². The molecule has 0 bridgehead atoms. The summed E-state index contributed by atoms with van der Waals surface area (Å²) in [6.45, 7) is 4.02. The third-order valence-corrected chi connectivity index (χ3v) is 5.50. The van der Waals surface area contributed by atoms with Gasteiger partial charge in [0.15, 0.2) is 0 Å². The predicted molar refractivity (Wildman–Crippen MR) is 114 cm³/mol. The monoisotopic (exact) mass is 408 g/mol. The van der Waals surface area contributed by atoms with Gasteiger partial charge in [0.1, 0.15) is 17.3 Å². The number of nitrogens with zero attached hydrogens (tertiary/aromatic N) is 3. The van der Waals surface area contributed by atoms with Gasteiger partial charge in [0.2, 0.25) is 0 Å². The maximum Gasteiger partial charge on any atom is 0.296 e. The fourth-order valence-corrected chi connectivity index (χ4v) is 3.86. The summed E-state index contributed by atoms with van der Waals surface area (Å²) in [6.07, 6.45) is 1.75. The van der Waals surface area contributed by atoms with Crippen molar-refractivity contribution >= 4 is 28.4 Å². The summed E-state index contributed by atoms with van der Waals surface area (Å²) in [7, 11) is 3.13. The minimum atomic E-state index is -0.545. The van der Waals surface area contributed by atoms with Gasteiger partial charge in [0, 0.05) is 49.9 Å².